The van der Waals surface area contributed by atoms with Gasteiger partial charge in [-0.05, 0) is 37.6 Å². The fourth-order valence-electron chi connectivity index (χ4n) is 1.41. The molecule has 1 atom stereocenters. The van der Waals surface area contributed by atoms with Crippen LogP contribution in [0.15, 0.2) is 18.2 Å². The maximum absolute atomic E-state index is 11.1. The van der Waals surface area contributed by atoms with Crippen LogP contribution in [-0.2, 0) is 10.0 Å². The fraction of sp³-hybridized carbons (Fsp3) is 0.455. The van der Waals surface area contributed by atoms with Crippen molar-refractivity contribution in [3.63, 3.8) is 0 Å². The molecule has 0 fully saturated rings. The predicted octanol–water partition coefficient (Wildman–Crippen LogP) is 1.13. The lowest BCUT2D eigenvalue weighted by Gasteiger charge is -2.15. The molecule has 1 rings (SSSR count). The molecule has 1 aromatic rings. The zero-order valence-electron chi connectivity index (χ0n) is 10.3. The Morgan fingerprint density at radius 1 is 1.41 bits per heavy atom. The second-order valence-electron chi connectivity index (χ2n) is 4.19. The largest absolute Gasteiger partial charge is 0.381 e. The molecule has 0 saturated carbocycles. The third-order valence-electron chi connectivity index (χ3n) is 2.29. The first-order chi connectivity index (χ1) is 7.81. The van der Waals surface area contributed by atoms with Crippen molar-refractivity contribution in [1.82, 2.24) is 0 Å². The number of sulfonamides is 1. The summed E-state index contributed by atoms with van der Waals surface area (Å²) in [5, 5.41) is 3.22. The highest BCUT2D eigenvalue weighted by Gasteiger charge is 2.06. The Labute approximate surface area is 102 Å². The minimum atomic E-state index is -3.23. The number of anilines is 2. The molecule has 1 unspecified atom stereocenters. The Kier molecular flexibility index (Phi) is 4.36. The Balaban J connectivity index is 2.86. The number of hydrogen-bond acceptors (Lipinski definition) is 4. The quantitative estimate of drug-likeness (QED) is 0.738. The van der Waals surface area contributed by atoms with E-state index in [0.717, 1.165) is 17.5 Å². The molecule has 17 heavy (non-hydrogen) atoms. The highest BCUT2D eigenvalue weighted by atomic mass is 32.2. The van der Waals surface area contributed by atoms with Crippen molar-refractivity contribution in [2.24, 2.45) is 5.73 Å². The van der Waals surface area contributed by atoms with Crippen molar-refractivity contribution < 1.29 is 8.42 Å². The molecule has 1 aromatic carbocycles. The van der Waals surface area contributed by atoms with E-state index in [1.165, 1.54) is 0 Å². The topological polar surface area (TPSA) is 84.2 Å². The Morgan fingerprint density at radius 3 is 2.53 bits per heavy atom. The predicted molar refractivity (Wildman–Crippen MR) is 71.8 cm³/mol. The molecule has 0 heterocycles. The van der Waals surface area contributed by atoms with Crippen LogP contribution in [0.4, 0.5) is 11.4 Å². The second kappa shape index (κ2) is 5.37. The number of rotatable bonds is 5. The van der Waals surface area contributed by atoms with Gasteiger partial charge >= 0.3 is 0 Å². The van der Waals surface area contributed by atoms with Crippen LogP contribution < -0.4 is 15.8 Å². The number of benzene rings is 1. The molecule has 0 aliphatic rings. The van der Waals surface area contributed by atoms with E-state index >= 15 is 0 Å². The van der Waals surface area contributed by atoms with Crippen molar-refractivity contribution >= 4 is 21.4 Å². The van der Waals surface area contributed by atoms with Crippen LogP contribution in [0, 0.1) is 6.92 Å². The van der Waals surface area contributed by atoms with Crippen LogP contribution in [0.1, 0.15) is 12.5 Å². The summed E-state index contributed by atoms with van der Waals surface area (Å²) in [5.74, 6) is 0. The maximum atomic E-state index is 11.1. The molecule has 96 valence electrons. The zero-order chi connectivity index (χ0) is 13.1. The van der Waals surface area contributed by atoms with Crippen molar-refractivity contribution in [3.05, 3.63) is 23.8 Å². The van der Waals surface area contributed by atoms with Crippen LogP contribution in [0.2, 0.25) is 0 Å². The van der Waals surface area contributed by atoms with Crippen molar-refractivity contribution in [2.75, 3.05) is 22.8 Å². The number of nitrogens with one attached hydrogen (secondary N) is 2. The highest BCUT2D eigenvalue weighted by Crippen LogP contribution is 2.20. The number of nitrogens with two attached hydrogens (primary N) is 1. The molecule has 0 aromatic heterocycles. The van der Waals surface area contributed by atoms with Gasteiger partial charge in [-0.25, -0.2) is 8.42 Å². The van der Waals surface area contributed by atoms with Gasteiger partial charge in [0.25, 0.3) is 0 Å². The van der Waals surface area contributed by atoms with E-state index < -0.39 is 10.0 Å². The molecule has 5 nitrogen and oxygen atoms in total. The summed E-state index contributed by atoms with van der Waals surface area (Å²) in [4.78, 5) is 0. The Morgan fingerprint density at radius 2 is 2.06 bits per heavy atom. The lowest BCUT2D eigenvalue weighted by Crippen LogP contribution is -2.25. The van der Waals surface area contributed by atoms with Gasteiger partial charge in [-0.1, -0.05) is 0 Å². The summed E-state index contributed by atoms with van der Waals surface area (Å²) in [6.07, 6.45) is 1.13. The van der Waals surface area contributed by atoms with Gasteiger partial charge in [0.2, 0.25) is 10.0 Å². The normalized spacial score (nSPS) is 13.2. The molecular weight excluding hydrogens is 238 g/mol. The molecule has 0 spiro atoms. The summed E-state index contributed by atoms with van der Waals surface area (Å²) in [6, 6.07) is 5.64. The lowest BCUT2D eigenvalue weighted by atomic mass is 10.1. The first kappa shape index (κ1) is 13.8. The summed E-state index contributed by atoms with van der Waals surface area (Å²) < 4.78 is 24.7. The van der Waals surface area contributed by atoms with E-state index in [1.54, 1.807) is 6.07 Å². The minimum absolute atomic E-state index is 0.183. The molecule has 0 aliphatic heterocycles. The van der Waals surface area contributed by atoms with Crippen LogP contribution >= 0.6 is 0 Å². The fourth-order valence-corrected chi connectivity index (χ4v) is 2.04. The van der Waals surface area contributed by atoms with Gasteiger partial charge in [-0.2, -0.15) is 0 Å². The molecular formula is C11H19N3O2S. The standard InChI is InChI=1S/C11H19N3O2S/c1-8-6-10(13-9(2)7-12)4-5-11(8)14-17(3,15)16/h4-6,9,13-14H,7,12H2,1-3H3. The summed E-state index contributed by atoms with van der Waals surface area (Å²) in [6.45, 7) is 4.38. The first-order valence-electron chi connectivity index (χ1n) is 5.37. The summed E-state index contributed by atoms with van der Waals surface area (Å²) >= 11 is 0. The van der Waals surface area contributed by atoms with E-state index in [2.05, 4.69) is 10.0 Å². The molecule has 0 radical (unpaired) electrons. The smallest absolute Gasteiger partial charge is 0.229 e. The average molecular weight is 257 g/mol. The SMILES string of the molecule is Cc1cc(NC(C)CN)ccc1NS(C)(=O)=O. The van der Waals surface area contributed by atoms with Crippen molar-refractivity contribution in [2.45, 2.75) is 19.9 Å². The van der Waals surface area contributed by atoms with Gasteiger partial charge in [-0.3, -0.25) is 4.72 Å². The Hall–Kier alpha value is -1.27. The monoisotopic (exact) mass is 257 g/mol. The molecule has 4 N–H and O–H groups in total. The van der Waals surface area contributed by atoms with Crippen molar-refractivity contribution in [1.29, 1.82) is 0 Å². The van der Waals surface area contributed by atoms with Crippen molar-refractivity contribution in [3.8, 4) is 0 Å². The lowest BCUT2D eigenvalue weighted by molar-refractivity contribution is 0.607. The van der Waals surface area contributed by atoms with Crippen LogP contribution in [0.3, 0.4) is 0 Å². The summed E-state index contributed by atoms with van der Waals surface area (Å²) in [5.41, 5.74) is 7.91. The minimum Gasteiger partial charge on any atom is -0.381 e. The van der Waals surface area contributed by atoms with Gasteiger partial charge in [0, 0.05) is 18.3 Å². The van der Waals surface area contributed by atoms with Gasteiger partial charge in [-0.15, -0.1) is 0 Å². The Bertz CT molecular complexity index is 485. The number of aryl methyl sites for hydroxylation is 1. The van der Waals surface area contributed by atoms with E-state index in [1.807, 2.05) is 26.0 Å². The second-order valence-corrected chi connectivity index (χ2v) is 5.93. The zero-order valence-corrected chi connectivity index (χ0v) is 11.1. The van der Waals surface area contributed by atoms with Gasteiger partial charge in [0.1, 0.15) is 0 Å². The van der Waals surface area contributed by atoms with Crippen LogP contribution in [0.25, 0.3) is 0 Å². The van der Waals surface area contributed by atoms with E-state index in [9.17, 15) is 8.42 Å². The van der Waals surface area contributed by atoms with E-state index in [-0.39, 0.29) is 6.04 Å². The van der Waals surface area contributed by atoms with Gasteiger partial charge in [0.15, 0.2) is 0 Å². The van der Waals surface area contributed by atoms with Gasteiger partial charge in [0.05, 0.1) is 11.9 Å². The van der Waals surface area contributed by atoms with E-state index in [4.69, 9.17) is 5.73 Å². The molecule has 0 bridgehead atoms. The van der Waals surface area contributed by atoms with E-state index in [0.29, 0.717) is 12.2 Å². The first-order valence-corrected chi connectivity index (χ1v) is 7.26. The molecule has 6 heteroatoms. The average Bonchev–Trinajstić information content (AvgIpc) is 2.20. The molecule has 0 aliphatic carbocycles. The maximum Gasteiger partial charge on any atom is 0.229 e. The molecule has 0 amide bonds. The third kappa shape index (κ3) is 4.62. The number of hydrogen-bond donors (Lipinski definition) is 3. The van der Waals surface area contributed by atoms with Crippen LogP contribution in [-0.4, -0.2) is 27.3 Å². The third-order valence-corrected chi connectivity index (χ3v) is 2.88. The molecule has 0 saturated heterocycles. The highest BCUT2D eigenvalue weighted by molar-refractivity contribution is 7.92. The van der Waals surface area contributed by atoms with Gasteiger partial charge < -0.3 is 11.1 Å². The van der Waals surface area contributed by atoms with Crippen LogP contribution in [0.5, 0.6) is 0 Å². The summed E-state index contributed by atoms with van der Waals surface area (Å²) in [7, 11) is -3.23.